The minimum atomic E-state index is -0.198. The summed E-state index contributed by atoms with van der Waals surface area (Å²) in [5.41, 5.74) is 0. The Hall–Kier alpha value is 1.35. The molecule has 0 saturated heterocycles. The first-order chi connectivity index (χ1) is 2.77. The van der Waals surface area contributed by atoms with Crippen LogP contribution in [0.4, 0.5) is 0 Å². The number of ether oxygens (including phenoxy) is 1. The predicted octanol–water partition coefficient (Wildman–Crippen LogP) is 2.69. The highest BCUT2D eigenvalue weighted by atomic mass is 79.9. The minimum Gasteiger partial charge on any atom is -0.378 e. The third kappa shape index (κ3) is 5.35. The monoisotopic (exact) mass is 234 g/mol. The van der Waals surface area contributed by atoms with E-state index in [1.165, 1.54) is 0 Å². The Balaban J connectivity index is 2.63. The molecule has 0 aromatic rings. The number of rotatable bonds is 2. The fraction of sp³-hybridized carbons (Fsp3) is 1.00. The lowest BCUT2D eigenvalue weighted by Crippen LogP contribution is -1.74. The summed E-state index contributed by atoms with van der Waals surface area (Å²) in [6.07, 6.45) is 0.773. The zero-order valence-corrected chi connectivity index (χ0v) is 7.38. The van der Waals surface area contributed by atoms with Gasteiger partial charge in [-0.1, -0.05) is 0 Å². The van der Waals surface area contributed by atoms with Crippen LogP contribution in [0.15, 0.2) is 0 Å². The first-order valence-corrected chi connectivity index (χ1v) is 6.92. The fourth-order valence-electron chi connectivity index (χ4n) is 0.0976. The van der Waals surface area contributed by atoms with Gasteiger partial charge in [-0.2, -0.15) is 0 Å². The molecule has 0 aliphatic rings. The van der Waals surface area contributed by atoms with Gasteiger partial charge in [-0.15, -0.1) is 0 Å². The Morgan fingerprint density at radius 2 is 2.17 bits per heavy atom. The molecule has 0 radical (unpaired) electrons. The van der Waals surface area contributed by atoms with Crippen LogP contribution in [0.5, 0.6) is 0 Å². The Morgan fingerprint density at radius 1 is 1.67 bits per heavy atom. The van der Waals surface area contributed by atoms with E-state index in [-0.39, 0.29) is 5.33 Å². The summed E-state index contributed by atoms with van der Waals surface area (Å²) in [5.74, 6) is 0. The highest BCUT2D eigenvalue weighted by Crippen LogP contribution is 2.51. The molecule has 0 atom stereocenters. The molecule has 0 aromatic carbocycles. The summed E-state index contributed by atoms with van der Waals surface area (Å²) in [6, 6.07) is 0. The van der Waals surface area contributed by atoms with E-state index in [1.54, 1.807) is 7.11 Å². The summed E-state index contributed by atoms with van der Waals surface area (Å²) in [5, 5.41) is -0.198. The van der Waals surface area contributed by atoms with Gasteiger partial charge in [0.05, 0.1) is 11.7 Å². The second kappa shape index (κ2) is 4.51. The molecule has 0 unspecified atom stereocenters. The first-order valence-electron chi connectivity index (χ1n) is 1.35. The van der Waals surface area contributed by atoms with Crippen LogP contribution in [-0.4, -0.2) is 13.5 Å². The van der Waals surface area contributed by atoms with E-state index in [0.29, 0.717) is 0 Å². The van der Waals surface area contributed by atoms with Gasteiger partial charge in [0, 0.05) is 7.11 Å². The van der Waals surface area contributed by atoms with Gasteiger partial charge in [-0.3, -0.25) is 0 Å². The van der Waals surface area contributed by atoms with Crippen molar-refractivity contribution in [3.8, 4) is 0 Å². The first kappa shape index (κ1) is 7.35. The van der Waals surface area contributed by atoms with Gasteiger partial charge in [-0.25, -0.2) is 0 Å². The molecule has 0 saturated carbocycles. The lowest BCUT2D eigenvalue weighted by Gasteiger charge is -1.93. The fourth-order valence-corrected chi connectivity index (χ4v) is 1.52. The quantitative estimate of drug-likeness (QED) is 0.669. The molecule has 0 aliphatic heterocycles. The standard InChI is InChI=1S/C2H5Br2OP/c1-5-2-6(3)4/h2H2,1H3. The minimum absolute atomic E-state index is 0.198. The molecule has 0 amide bonds. The van der Waals surface area contributed by atoms with Crippen LogP contribution in [0.3, 0.4) is 0 Å². The molecule has 4 heteroatoms. The van der Waals surface area contributed by atoms with Gasteiger partial charge < -0.3 is 4.74 Å². The summed E-state index contributed by atoms with van der Waals surface area (Å²) in [6.45, 7) is 0. The molecule has 0 fully saturated rings. The van der Waals surface area contributed by atoms with Crippen molar-refractivity contribution in [3.05, 3.63) is 0 Å². The van der Waals surface area contributed by atoms with E-state index in [0.717, 1.165) is 6.35 Å². The number of hydrogen-bond acceptors (Lipinski definition) is 1. The molecule has 0 spiro atoms. The summed E-state index contributed by atoms with van der Waals surface area (Å²) in [7, 11) is 1.68. The van der Waals surface area contributed by atoms with Crippen molar-refractivity contribution >= 4 is 36.3 Å². The number of halogens is 2. The molecule has 0 N–H and O–H groups in total. The van der Waals surface area contributed by atoms with Crippen LogP contribution in [0.25, 0.3) is 0 Å². The van der Waals surface area contributed by atoms with Crippen LogP contribution < -0.4 is 0 Å². The van der Waals surface area contributed by atoms with E-state index < -0.39 is 0 Å². The van der Waals surface area contributed by atoms with Gasteiger partial charge >= 0.3 is 0 Å². The van der Waals surface area contributed by atoms with Gasteiger partial charge in [0.25, 0.3) is 0 Å². The van der Waals surface area contributed by atoms with Crippen LogP contribution in [0, 0.1) is 0 Å². The van der Waals surface area contributed by atoms with E-state index in [2.05, 4.69) is 31.0 Å². The van der Waals surface area contributed by atoms with Crippen LogP contribution in [-0.2, 0) is 4.74 Å². The second-order valence-corrected chi connectivity index (χ2v) is 9.58. The largest absolute Gasteiger partial charge is 0.378 e. The zero-order chi connectivity index (χ0) is 4.99. The van der Waals surface area contributed by atoms with Gasteiger partial charge in [-0.05, 0) is 31.0 Å². The molecule has 1 nitrogen and oxygen atoms in total. The molecule has 0 aliphatic carbocycles. The molecule has 6 heavy (non-hydrogen) atoms. The second-order valence-electron chi connectivity index (χ2n) is 0.721. The third-order valence-corrected chi connectivity index (χ3v) is 1.91. The maximum Gasteiger partial charge on any atom is 0.0857 e. The van der Waals surface area contributed by atoms with Crippen molar-refractivity contribution in [3.63, 3.8) is 0 Å². The van der Waals surface area contributed by atoms with Crippen LogP contribution >= 0.6 is 36.3 Å². The average Bonchev–Trinajstić information content (AvgIpc) is 1.35. The van der Waals surface area contributed by atoms with E-state index in [1.807, 2.05) is 0 Å². The summed E-state index contributed by atoms with van der Waals surface area (Å²) in [4.78, 5) is 0. The molecule has 0 bridgehead atoms. The van der Waals surface area contributed by atoms with Gasteiger partial charge in [0.1, 0.15) is 0 Å². The Labute approximate surface area is 54.7 Å². The van der Waals surface area contributed by atoms with Crippen molar-refractivity contribution in [1.29, 1.82) is 0 Å². The van der Waals surface area contributed by atoms with E-state index in [9.17, 15) is 0 Å². The molecule has 0 heterocycles. The van der Waals surface area contributed by atoms with Crippen molar-refractivity contribution < 1.29 is 4.74 Å². The normalized spacial score (nSPS) is 10.0. The maximum atomic E-state index is 4.74. The lowest BCUT2D eigenvalue weighted by molar-refractivity contribution is 0.257. The Kier molecular flexibility index (Phi) is 5.52. The number of hydrogen-bond donors (Lipinski definition) is 0. The molecular formula is C2H5Br2OP. The molecule has 0 rings (SSSR count). The van der Waals surface area contributed by atoms with Crippen molar-refractivity contribution in [2.45, 2.75) is 0 Å². The van der Waals surface area contributed by atoms with Crippen molar-refractivity contribution in [2.75, 3.05) is 13.5 Å². The number of methoxy groups -OCH3 is 1. The average molecular weight is 236 g/mol. The summed E-state index contributed by atoms with van der Waals surface area (Å²) >= 11 is 6.58. The van der Waals surface area contributed by atoms with E-state index >= 15 is 0 Å². The molecule has 0 aromatic heterocycles. The zero-order valence-electron chi connectivity index (χ0n) is 3.32. The Bertz CT molecular complexity index is 32.7. The highest BCUT2D eigenvalue weighted by molar-refractivity contribution is 9.69. The topological polar surface area (TPSA) is 9.23 Å². The third-order valence-electron chi connectivity index (χ3n) is 0.227. The van der Waals surface area contributed by atoms with Crippen molar-refractivity contribution in [2.24, 2.45) is 0 Å². The predicted molar refractivity (Wildman–Crippen MR) is 36.7 cm³/mol. The molecular weight excluding hydrogens is 231 g/mol. The van der Waals surface area contributed by atoms with Gasteiger partial charge in [0.2, 0.25) is 0 Å². The highest BCUT2D eigenvalue weighted by Gasteiger charge is 1.90. The van der Waals surface area contributed by atoms with Crippen molar-refractivity contribution in [1.82, 2.24) is 0 Å². The van der Waals surface area contributed by atoms with Crippen LogP contribution in [0.2, 0.25) is 0 Å². The van der Waals surface area contributed by atoms with E-state index in [4.69, 9.17) is 4.74 Å². The maximum absolute atomic E-state index is 4.74. The van der Waals surface area contributed by atoms with Crippen LogP contribution in [0.1, 0.15) is 0 Å². The van der Waals surface area contributed by atoms with Gasteiger partial charge in [0.15, 0.2) is 0 Å². The summed E-state index contributed by atoms with van der Waals surface area (Å²) < 4.78 is 4.74. The lowest BCUT2D eigenvalue weighted by atomic mass is 11.5. The Morgan fingerprint density at radius 3 is 2.17 bits per heavy atom. The molecule has 38 valence electrons. The smallest absolute Gasteiger partial charge is 0.0857 e. The SMILES string of the molecule is COCP(Br)Br.